The molecule has 1 fully saturated rings. The van der Waals surface area contributed by atoms with Crippen LogP contribution >= 0.6 is 0 Å². The number of nitrogens with zero attached hydrogens (tertiary/aromatic N) is 2. The predicted molar refractivity (Wildman–Crippen MR) is 67.5 cm³/mol. The van der Waals surface area contributed by atoms with Gasteiger partial charge in [-0.05, 0) is 24.3 Å². The summed E-state index contributed by atoms with van der Waals surface area (Å²) < 4.78 is 13.7. The minimum absolute atomic E-state index is 0.0178. The molecule has 4 nitrogen and oxygen atoms in total. The van der Waals surface area contributed by atoms with Crippen LogP contribution < -0.4 is 5.73 Å². The number of likely N-dealkylation sites (tertiary alicyclic amines) is 1. The maximum absolute atomic E-state index is 13.7. The van der Waals surface area contributed by atoms with Crippen molar-refractivity contribution in [2.24, 2.45) is 11.8 Å². The number of pyridine rings is 1. The molecule has 2 N–H and O–H groups in total. The Morgan fingerprint density at radius 2 is 2.22 bits per heavy atom. The van der Waals surface area contributed by atoms with Crippen molar-refractivity contribution in [1.29, 1.82) is 0 Å². The highest BCUT2D eigenvalue weighted by Gasteiger charge is 2.28. The number of halogens is 1. The summed E-state index contributed by atoms with van der Waals surface area (Å²) in [5.74, 6) is -0.195. The molecule has 0 bridgehead atoms. The number of carbonyl (C=O) groups excluding carboxylic acids is 1. The maximum Gasteiger partial charge on any atom is 0.257 e. The number of piperidine rings is 1. The summed E-state index contributed by atoms with van der Waals surface area (Å²) in [6.45, 7) is 5.63. The van der Waals surface area contributed by atoms with E-state index in [1.54, 1.807) is 4.90 Å². The molecule has 18 heavy (non-hydrogen) atoms. The lowest BCUT2D eigenvalue weighted by Crippen LogP contribution is -2.42. The number of carbonyl (C=O) groups is 1. The molecule has 98 valence electrons. The fourth-order valence-electron chi connectivity index (χ4n) is 2.24. The minimum atomic E-state index is -0.714. The maximum atomic E-state index is 13.7. The largest absolute Gasteiger partial charge is 0.381 e. The molecule has 1 aromatic rings. The Balaban J connectivity index is 2.19. The van der Waals surface area contributed by atoms with E-state index in [0.717, 1.165) is 6.42 Å². The van der Waals surface area contributed by atoms with Crippen LogP contribution in [0.1, 0.15) is 30.6 Å². The van der Waals surface area contributed by atoms with Gasteiger partial charge < -0.3 is 10.6 Å². The third-order valence-electron chi connectivity index (χ3n) is 3.77. The smallest absolute Gasteiger partial charge is 0.257 e. The van der Waals surface area contributed by atoms with E-state index in [2.05, 4.69) is 18.8 Å². The van der Waals surface area contributed by atoms with Gasteiger partial charge in [0, 0.05) is 19.3 Å². The van der Waals surface area contributed by atoms with Gasteiger partial charge in [-0.15, -0.1) is 0 Å². The fourth-order valence-corrected chi connectivity index (χ4v) is 2.24. The first kappa shape index (κ1) is 12.8. The zero-order chi connectivity index (χ0) is 13.3. The molecular weight excluding hydrogens is 233 g/mol. The van der Waals surface area contributed by atoms with Crippen molar-refractivity contribution >= 4 is 11.7 Å². The molecular formula is C13H18FN3O. The van der Waals surface area contributed by atoms with Gasteiger partial charge in [-0.25, -0.2) is 9.37 Å². The van der Waals surface area contributed by atoms with Crippen molar-refractivity contribution in [3.05, 3.63) is 23.6 Å². The fraction of sp³-hybridized carbons (Fsp3) is 0.538. The monoisotopic (exact) mass is 251 g/mol. The summed E-state index contributed by atoms with van der Waals surface area (Å²) in [6.07, 6.45) is 2.32. The first-order chi connectivity index (χ1) is 8.50. The van der Waals surface area contributed by atoms with Crippen LogP contribution in [0.15, 0.2) is 12.3 Å². The first-order valence-electron chi connectivity index (χ1n) is 6.20. The van der Waals surface area contributed by atoms with Gasteiger partial charge in [0.2, 0.25) is 0 Å². The van der Waals surface area contributed by atoms with Crippen LogP contribution in [-0.2, 0) is 0 Å². The van der Waals surface area contributed by atoms with E-state index in [9.17, 15) is 9.18 Å². The van der Waals surface area contributed by atoms with E-state index in [1.165, 1.54) is 12.3 Å². The quantitative estimate of drug-likeness (QED) is 0.829. The molecule has 1 amide bonds. The van der Waals surface area contributed by atoms with E-state index in [4.69, 9.17) is 5.73 Å². The lowest BCUT2D eigenvalue weighted by Gasteiger charge is -2.35. The van der Waals surface area contributed by atoms with Gasteiger partial charge in [-0.3, -0.25) is 4.79 Å². The lowest BCUT2D eigenvalue weighted by molar-refractivity contribution is 0.0623. The first-order valence-corrected chi connectivity index (χ1v) is 6.20. The molecule has 0 aromatic carbocycles. The molecule has 1 aliphatic rings. The molecule has 0 saturated carbocycles. The van der Waals surface area contributed by atoms with E-state index in [1.807, 2.05) is 0 Å². The molecule has 2 atom stereocenters. The van der Waals surface area contributed by atoms with Crippen LogP contribution in [0.5, 0.6) is 0 Å². The second kappa shape index (κ2) is 4.92. The number of hydrogen-bond acceptors (Lipinski definition) is 3. The van der Waals surface area contributed by atoms with Crippen LogP contribution in [0, 0.1) is 17.7 Å². The normalized spacial score (nSPS) is 24.1. The Kier molecular flexibility index (Phi) is 3.50. The summed E-state index contributed by atoms with van der Waals surface area (Å²) in [5.41, 5.74) is 5.40. The summed E-state index contributed by atoms with van der Waals surface area (Å²) in [5, 5.41) is 0. The standard InChI is InChI=1S/C13H18FN3O/c1-8-4-6-17(7-9(8)2)13(18)10-3-5-16-12(15)11(10)14/h3,5,8-9H,4,6-7H2,1-2H3,(H2,15,16). The van der Waals surface area contributed by atoms with Gasteiger partial charge in [0.15, 0.2) is 11.6 Å². The zero-order valence-corrected chi connectivity index (χ0v) is 10.7. The Morgan fingerprint density at radius 1 is 1.50 bits per heavy atom. The molecule has 0 spiro atoms. The second-order valence-electron chi connectivity index (χ2n) is 5.05. The van der Waals surface area contributed by atoms with Crippen LogP contribution in [-0.4, -0.2) is 28.9 Å². The number of hydrogen-bond donors (Lipinski definition) is 1. The summed E-state index contributed by atoms with van der Waals surface area (Å²) in [7, 11) is 0. The van der Waals surface area contributed by atoms with E-state index < -0.39 is 5.82 Å². The van der Waals surface area contributed by atoms with E-state index in [-0.39, 0.29) is 17.3 Å². The highest BCUT2D eigenvalue weighted by Crippen LogP contribution is 2.24. The molecule has 2 rings (SSSR count). The van der Waals surface area contributed by atoms with Crippen LogP contribution in [0.3, 0.4) is 0 Å². The molecule has 1 aliphatic heterocycles. The van der Waals surface area contributed by atoms with Crippen molar-refractivity contribution < 1.29 is 9.18 Å². The molecule has 5 heteroatoms. The number of amides is 1. The molecule has 1 aromatic heterocycles. The SMILES string of the molecule is CC1CCN(C(=O)c2ccnc(N)c2F)CC1C. The third-order valence-corrected chi connectivity index (χ3v) is 3.77. The molecule has 2 heterocycles. The number of anilines is 1. The Hall–Kier alpha value is -1.65. The lowest BCUT2D eigenvalue weighted by atomic mass is 9.88. The zero-order valence-electron chi connectivity index (χ0n) is 10.7. The van der Waals surface area contributed by atoms with Gasteiger partial charge in [0.25, 0.3) is 5.91 Å². The third kappa shape index (κ3) is 2.30. The Labute approximate surface area is 106 Å². The second-order valence-corrected chi connectivity index (χ2v) is 5.05. The van der Waals surface area contributed by atoms with Crippen molar-refractivity contribution in [2.75, 3.05) is 18.8 Å². The van der Waals surface area contributed by atoms with Gasteiger partial charge in [-0.1, -0.05) is 13.8 Å². The average molecular weight is 251 g/mol. The summed E-state index contributed by atoms with van der Waals surface area (Å²) >= 11 is 0. The highest BCUT2D eigenvalue weighted by atomic mass is 19.1. The van der Waals surface area contributed by atoms with E-state index in [0.29, 0.717) is 24.9 Å². The van der Waals surface area contributed by atoms with Crippen LogP contribution in [0.2, 0.25) is 0 Å². The highest BCUT2D eigenvalue weighted by molar-refractivity contribution is 5.95. The minimum Gasteiger partial charge on any atom is -0.381 e. The Morgan fingerprint density at radius 3 is 2.89 bits per heavy atom. The van der Waals surface area contributed by atoms with Gasteiger partial charge >= 0.3 is 0 Å². The molecule has 2 unspecified atom stereocenters. The van der Waals surface area contributed by atoms with Crippen molar-refractivity contribution in [1.82, 2.24) is 9.88 Å². The number of nitrogen functional groups attached to an aromatic ring is 1. The van der Waals surface area contributed by atoms with Crippen molar-refractivity contribution in [2.45, 2.75) is 20.3 Å². The average Bonchev–Trinajstić information content (AvgIpc) is 2.35. The number of nitrogens with two attached hydrogens (primary N) is 1. The Bertz CT molecular complexity index is 464. The van der Waals surface area contributed by atoms with Gasteiger partial charge in [0.05, 0.1) is 5.56 Å². The molecule has 0 aliphatic carbocycles. The number of aromatic nitrogens is 1. The molecule has 0 radical (unpaired) electrons. The van der Waals surface area contributed by atoms with E-state index >= 15 is 0 Å². The summed E-state index contributed by atoms with van der Waals surface area (Å²) in [4.78, 5) is 17.6. The van der Waals surface area contributed by atoms with Gasteiger partial charge in [0.1, 0.15) is 0 Å². The van der Waals surface area contributed by atoms with Crippen LogP contribution in [0.25, 0.3) is 0 Å². The summed E-state index contributed by atoms with van der Waals surface area (Å²) in [6, 6.07) is 1.39. The van der Waals surface area contributed by atoms with Crippen molar-refractivity contribution in [3.63, 3.8) is 0 Å². The molecule has 1 saturated heterocycles. The van der Waals surface area contributed by atoms with Crippen LogP contribution in [0.4, 0.5) is 10.2 Å². The van der Waals surface area contributed by atoms with Gasteiger partial charge in [-0.2, -0.15) is 0 Å². The number of rotatable bonds is 1. The predicted octanol–water partition coefficient (Wildman–Crippen LogP) is 1.92. The topological polar surface area (TPSA) is 59.2 Å². The van der Waals surface area contributed by atoms with Crippen molar-refractivity contribution in [3.8, 4) is 0 Å².